The van der Waals surface area contributed by atoms with Gasteiger partial charge in [-0.05, 0) is 44.4 Å². The summed E-state index contributed by atoms with van der Waals surface area (Å²) in [5.41, 5.74) is 1.02. The van der Waals surface area contributed by atoms with E-state index in [1.165, 1.54) is 12.5 Å². The van der Waals surface area contributed by atoms with Crippen LogP contribution >= 0.6 is 0 Å². The van der Waals surface area contributed by atoms with E-state index >= 15 is 0 Å². The topological polar surface area (TPSA) is 82.2 Å². The lowest BCUT2D eigenvalue weighted by Gasteiger charge is -2.27. The lowest BCUT2D eigenvalue weighted by atomic mass is 10.1. The van der Waals surface area contributed by atoms with Gasteiger partial charge in [-0.2, -0.15) is 5.26 Å². The molecule has 0 spiro atoms. The van der Waals surface area contributed by atoms with Crippen LogP contribution in [0.3, 0.4) is 0 Å². The van der Waals surface area contributed by atoms with Crippen LogP contribution in [0, 0.1) is 21.4 Å². The van der Waals surface area contributed by atoms with Gasteiger partial charge in [-0.1, -0.05) is 0 Å². The van der Waals surface area contributed by atoms with Gasteiger partial charge in [-0.15, -0.1) is 0 Å². The predicted octanol–water partition coefficient (Wildman–Crippen LogP) is 2.19. The molecule has 1 aromatic rings. The van der Waals surface area contributed by atoms with Crippen LogP contribution in [-0.2, 0) is 0 Å². The second-order valence-corrected chi connectivity index (χ2v) is 5.75. The molecule has 1 atom stereocenters. The summed E-state index contributed by atoms with van der Waals surface area (Å²) in [6.07, 6.45) is 4.46. The second-order valence-electron chi connectivity index (χ2n) is 5.75. The highest BCUT2D eigenvalue weighted by molar-refractivity contribution is 5.66. The fourth-order valence-electron chi connectivity index (χ4n) is 2.96. The SMILES string of the molecule is N#Cc1ccc(N(CC2CCCN2)C2CC2)c([N+](=O)[O-])c1. The molecule has 2 fully saturated rings. The molecule has 1 N–H and O–H groups in total. The van der Waals surface area contributed by atoms with Crippen molar-refractivity contribution in [1.82, 2.24) is 5.32 Å². The van der Waals surface area contributed by atoms with E-state index in [-0.39, 0.29) is 10.6 Å². The summed E-state index contributed by atoms with van der Waals surface area (Å²) in [7, 11) is 0. The molecular formula is C15H18N4O2. The van der Waals surface area contributed by atoms with Gasteiger partial charge in [0.15, 0.2) is 0 Å². The minimum atomic E-state index is -0.381. The van der Waals surface area contributed by atoms with Crippen molar-refractivity contribution in [3.63, 3.8) is 0 Å². The molecule has 1 heterocycles. The lowest BCUT2D eigenvalue weighted by molar-refractivity contribution is -0.384. The van der Waals surface area contributed by atoms with Crippen molar-refractivity contribution < 1.29 is 4.92 Å². The Morgan fingerprint density at radius 1 is 1.43 bits per heavy atom. The van der Waals surface area contributed by atoms with Gasteiger partial charge in [0.05, 0.1) is 16.6 Å². The second kappa shape index (κ2) is 5.70. The highest BCUT2D eigenvalue weighted by atomic mass is 16.6. The molecule has 3 rings (SSSR count). The molecule has 1 saturated heterocycles. The van der Waals surface area contributed by atoms with Crippen molar-refractivity contribution in [1.29, 1.82) is 5.26 Å². The summed E-state index contributed by atoms with van der Waals surface area (Å²) in [6.45, 7) is 1.83. The fraction of sp³-hybridized carbons (Fsp3) is 0.533. The summed E-state index contributed by atoms with van der Waals surface area (Å²) in [4.78, 5) is 13.1. The van der Waals surface area contributed by atoms with Gasteiger partial charge in [0.2, 0.25) is 0 Å². The maximum atomic E-state index is 11.3. The minimum absolute atomic E-state index is 0.0407. The van der Waals surface area contributed by atoms with Gasteiger partial charge in [-0.3, -0.25) is 10.1 Å². The number of hydrogen-bond donors (Lipinski definition) is 1. The average Bonchev–Trinajstić information content (AvgIpc) is 3.21. The van der Waals surface area contributed by atoms with Crippen LogP contribution in [0.1, 0.15) is 31.2 Å². The largest absolute Gasteiger partial charge is 0.361 e. The molecule has 0 bridgehead atoms. The van der Waals surface area contributed by atoms with E-state index in [0.717, 1.165) is 32.4 Å². The molecule has 1 unspecified atom stereocenters. The highest BCUT2D eigenvalue weighted by Gasteiger charge is 2.34. The summed E-state index contributed by atoms with van der Waals surface area (Å²) < 4.78 is 0. The van der Waals surface area contributed by atoms with E-state index in [1.54, 1.807) is 12.1 Å². The van der Waals surface area contributed by atoms with Crippen molar-refractivity contribution in [2.24, 2.45) is 0 Å². The number of nitriles is 1. The molecule has 1 saturated carbocycles. The Morgan fingerprint density at radius 2 is 2.24 bits per heavy atom. The summed E-state index contributed by atoms with van der Waals surface area (Å²) >= 11 is 0. The van der Waals surface area contributed by atoms with Crippen LogP contribution in [-0.4, -0.2) is 30.1 Å². The highest BCUT2D eigenvalue weighted by Crippen LogP contribution is 2.37. The van der Waals surface area contributed by atoms with Gasteiger partial charge >= 0.3 is 0 Å². The standard InChI is InChI=1S/C15H18N4O2/c16-9-11-3-6-14(15(8-11)19(20)21)18(13-4-5-13)10-12-2-1-7-17-12/h3,6,8,12-13,17H,1-2,4-5,7,10H2. The molecule has 21 heavy (non-hydrogen) atoms. The quantitative estimate of drug-likeness (QED) is 0.662. The number of nitrogens with one attached hydrogen (secondary N) is 1. The third-order valence-corrected chi connectivity index (χ3v) is 4.18. The average molecular weight is 286 g/mol. The number of nitro benzene ring substituents is 1. The maximum Gasteiger partial charge on any atom is 0.293 e. The van der Waals surface area contributed by atoms with Crippen LogP contribution in [0.5, 0.6) is 0 Å². The zero-order valence-corrected chi connectivity index (χ0v) is 11.8. The van der Waals surface area contributed by atoms with Gasteiger partial charge in [-0.25, -0.2) is 0 Å². The third-order valence-electron chi connectivity index (χ3n) is 4.18. The van der Waals surface area contributed by atoms with Gasteiger partial charge in [0.25, 0.3) is 5.69 Å². The van der Waals surface area contributed by atoms with Crippen LogP contribution in [0.2, 0.25) is 0 Å². The smallest absolute Gasteiger partial charge is 0.293 e. The molecular weight excluding hydrogens is 268 g/mol. The molecule has 6 heteroatoms. The first-order chi connectivity index (χ1) is 10.2. The number of nitro groups is 1. The number of benzene rings is 1. The van der Waals surface area contributed by atoms with E-state index in [9.17, 15) is 10.1 Å². The Bertz CT molecular complexity index is 586. The molecule has 110 valence electrons. The van der Waals surface area contributed by atoms with Crippen molar-refractivity contribution in [2.75, 3.05) is 18.0 Å². The molecule has 1 aromatic carbocycles. The molecule has 0 radical (unpaired) electrons. The first-order valence-electron chi connectivity index (χ1n) is 7.37. The summed E-state index contributed by atoms with van der Waals surface area (Å²) in [6, 6.07) is 7.55. The number of nitrogens with zero attached hydrogens (tertiary/aromatic N) is 3. The number of hydrogen-bond acceptors (Lipinski definition) is 5. The van der Waals surface area contributed by atoms with Crippen LogP contribution in [0.15, 0.2) is 18.2 Å². The molecule has 0 aromatic heterocycles. The Morgan fingerprint density at radius 3 is 2.81 bits per heavy atom. The van der Waals surface area contributed by atoms with E-state index in [0.29, 0.717) is 23.3 Å². The first-order valence-corrected chi connectivity index (χ1v) is 7.37. The maximum absolute atomic E-state index is 11.3. The fourth-order valence-corrected chi connectivity index (χ4v) is 2.96. The van der Waals surface area contributed by atoms with E-state index < -0.39 is 0 Å². The minimum Gasteiger partial charge on any atom is -0.361 e. The number of rotatable bonds is 5. The van der Waals surface area contributed by atoms with Crippen molar-refractivity contribution >= 4 is 11.4 Å². The third kappa shape index (κ3) is 2.98. The van der Waals surface area contributed by atoms with E-state index in [1.807, 2.05) is 6.07 Å². The van der Waals surface area contributed by atoms with Crippen LogP contribution < -0.4 is 10.2 Å². The number of anilines is 1. The van der Waals surface area contributed by atoms with Crippen molar-refractivity contribution in [3.05, 3.63) is 33.9 Å². The van der Waals surface area contributed by atoms with E-state index in [2.05, 4.69) is 10.2 Å². The predicted molar refractivity (Wildman–Crippen MR) is 79.2 cm³/mol. The van der Waals surface area contributed by atoms with Gasteiger partial charge < -0.3 is 10.2 Å². The van der Waals surface area contributed by atoms with E-state index in [4.69, 9.17) is 5.26 Å². The molecule has 6 nitrogen and oxygen atoms in total. The summed E-state index contributed by atoms with van der Waals surface area (Å²) in [5, 5.41) is 23.7. The Labute approximate surface area is 123 Å². The Kier molecular flexibility index (Phi) is 3.76. The monoisotopic (exact) mass is 286 g/mol. The molecule has 1 aliphatic heterocycles. The zero-order valence-electron chi connectivity index (χ0n) is 11.8. The first kappa shape index (κ1) is 13.8. The van der Waals surface area contributed by atoms with Gasteiger partial charge in [0.1, 0.15) is 5.69 Å². The zero-order chi connectivity index (χ0) is 14.8. The Hall–Kier alpha value is -2.13. The van der Waals surface area contributed by atoms with Crippen molar-refractivity contribution in [3.8, 4) is 6.07 Å². The van der Waals surface area contributed by atoms with Crippen molar-refractivity contribution in [2.45, 2.75) is 37.8 Å². The Balaban J connectivity index is 1.91. The summed E-state index contributed by atoms with van der Waals surface area (Å²) in [5.74, 6) is 0. The molecule has 1 aliphatic carbocycles. The normalized spacial score (nSPS) is 21.0. The van der Waals surface area contributed by atoms with Crippen LogP contribution in [0.4, 0.5) is 11.4 Å². The molecule has 0 amide bonds. The van der Waals surface area contributed by atoms with Crippen LogP contribution in [0.25, 0.3) is 0 Å². The molecule has 2 aliphatic rings. The lowest BCUT2D eigenvalue weighted by Crippen LogP contribution is -2.39. The van der Waals surface area contributed by atoms with Gasteiger partial charge in [0, 0.05) is 24.7 Å².